The fraction of sp³-hybridized carbons (Fsp3) is 0.917. The lowest BCUT2D eigenvalue weighted by Gasteiger charge is -2.16. The molecule has 0 amide bonds. The molecule has 0 spiro atoms. The maximum absolute atomic E-state index is 12.1. The van der Waals surface area contributed by atoms with Gasteiger partial charge in [0.15, 0.2) is 0 Å². The molecule has 2 saturated heterocycles. The normalized spacial score (nSPS) is 18.5. The second-order valence-corrected chi connectivity index (χ2v) is 16.4. The Kier molecular flexibility index (Phi) is 20.8. The minimum absolute atomic E-state index is 0.254. The van der Waals surface area contributed by atoms with Crippen molar-refractivity contribution < 1.29 is 9.59 Å². The molecule has 0 aromatic rings. The highest BCUT2D eigenvalue weighted by Crippen LogP contribution is 2.33. The van der Waals surface area contributed by atoms with Crippen LogP contribution in [0.5, 0.6) is 0 Å². The molecule has 2 aliphatic heterocycles. The first kappa shape index (κ1) is 31.6. The number of carbonyl (C=O) groups is 2. The monoisotopic (exact) mass is 584 g/mol. The minimum atomic E-state index is 0.254. The van der Waals surface area contributed by atoms with Crippen molar-refractivity contribution in [3.63, 3.8) is 0 Å². The van der Waals surface area contributed by atoms with E-state index in [2.05, 4.69) is 8.61 Å². The molecule has 2 heterocycles. The maximum atomic E-state index is 12.1. The largest absolute Gasteiger partial charge is 0.272 e. The van der Waals surface area contributed by atoms with Gasteiger partial charge < -0.3 is 0 Å². The van der Waals surface area contributed by atoms with Crippen LogP contribution < -0.4 is 0 Å². The van der Waals surface area contributed by atoms with Gasteiger partial charge in [0.25, 0.3) is 8.89 Å². The quantitative estimate of drug-likeness (QED) is 0.105. The van der Waals surface area contributed by atoms with Gasteiger partial charge in [-0.15, -0.1) is 0 Å². The molecule has 2 aliphatic rings. The lowest BCUT2D eigenvalue weighted by Crippen LogP contribution is -2.17. The Balaban J connectivity index is 1.28. The first-order valence-corrected chi connectivity index (χ1v) is 19.5. The SMILES string of the molecule is O=C(SSCCCCCCCCCCSSC(=O)SN1CCCCCC1)SN1CCCCCC1. The zero-order valence-electron chi connectivity index (χ0n) is 20.7. The summed E-state index contributed by atoms with van der Waals surface area (Å²) in [4.78, 5) is 24.2. The molecule has 2 fully saturated rings. The number of unbranched alkanes of at least 4 members (excludes halogenated alkanes) is 7. The number of rotatable bonds is 15. The van der Waals surface area contributed by atoms with Gasteiger partial charge in [-0.25, -0.2) is 8.61 Å². The zero-order chi connectivity index (χ0) is 24.1. The van der Waals surface area contributed by atoms with Crippen LogP contribution in [0.2, 0.25) is 0 Å². The van der Waals surface area contributed by atoms with Gasteiger partial charge in [0.1, 0.15) is 0 Å². The summed E-state index contributed by atoms with van der Waals surface area (Å²) in [6.45, 7) is 4.27. The third kappa shape index (κ3) is 17.8. The second kappa shape index (κ2) is 22.4. The van der Waals surface area contributed by atoms with Crippen molar-refractivity contribution in [1.82, 2.24) is 8.61 Å². The highest BCUT2D eigenvalue weighted by atomic mass is 33.1. The lowest BCUT2D eigenvalue weighted by molar-refractivity contribution is 0.275. The van der Waals surface area contributed by atoms with Gasteiger partial charge in [-0.3, -0.25) is 9.59 Å². The summed E-state index contributed by atoms with van der Waals surface area (Å²) in [6, 6.07) is 0. The topological polar surface area (TPSA) is 40.6 Å². The van der Waals surface area contributed by atoms with Gasteiger partial charge in [0.2, 0.25) is 0 Å². The highest BCUT2D eigenvalue weighted by molar-refractivity contribution is 8.86. The summed E-state index contributed by atoms with van der Waals surface area (Å²) < 4.78 is 5.03. The van der Waals surface area contributed by atoms with E-state index < -0.39 is 0 Å². The Morgan fingerprint density at radius 3 is 1.15 bits per heavy atom. The molecule has 0 atom stereocenters. The first-order chi connectivity index (χ1) is 16.7. The summed E-state index contributed by atoms with van der Waals surface area (Å²) in [6.07, 6.45) is 20.5. The van der Waals surface area contributed by atoms with Crippen molar-refractivity contribution in [2.75, 3.05) is 37.7 Å². The predicted molar refractivity (Wildman–Crippen MR) is 163 cm³/mol. The van der Waals surface area contributed by atoms with E-state index in [-0.39, 0.29) is 8.89 Å². The summed E-state index contributed by atoms with van der Waals surface area (Å²) in [5.74, 6) is 2.17. The predicted octanol–water partition coefficient (Wildman–Crippen LogP) is 10.2. The van der Waals surface area contributed by atoms with E-state index in [1.54, 1.807) is 21.6 Å². The van der Waals surface area contributed by atoms with E-state index in [0.717, 1.165) is 37.7 Å². The Labute approximate surface area is 233 Å². The van der Waals surface area contributed by atoms with Crippen LogP contribution in [0.3, 0.4) is 0 Å². The van der Waals surface area contributed by atoms with Crippen LogP contribution in [-0.2, 0) is 0 Å². The Morgan fingerprint density at radius 2 is 0.794 bits per heavy atom. The van der Waals surface area contributed by atoms with Crippen molar-refractivity contribution in [2.45, 2.75) is 103 Å². The van der Waals surface area contributed by atoms with Crippen molar-refractivity contribution in [3.05, 3.63) is 0 Å². The fourth-order valence-electron chi connectivity index (χ4n) is 4.07. The van der Waals surface area contributed by atoms with E-state index in [1.807, 2.05) is 0 Å². The molecule has 0 radical (unpaired) electrons. The molecular weight excluding hydrogens is 541 g/mol. The average Bonchev–Trinajstić information content (AvgIpc) is 3.24. The number of hydrogen-bond donors (Lipinski definition) is 0. The Bertz CT molecular complexity index is 482. The van der Waals surface area contributed by atoms with E-state index in [9.17, 15) is 9.59 Å². The molecule has 34 heavy (non-hydrogen) atoms. The van der Waals surface area contributed by atoms with Crippen LogP contribution in [0, 0.1) is 0 Å². The lowest BCUT2D eigenvalue weighted by atomic mass is 10.1. The molecule has 0 bridgehead atoms. The molecule has 0 unspecified atom stereocenters. The van der Waals surface area contributed by atoms with E-state index >= 15 is 0 Å². The second-order valence-electron chi connectivity index (χ2n) is 9.01. The van der Waals surface area contributed by atoms with Gasteiger partial charge in [-0.2, -0.15) is 0 Å². The molecule has 0 aliphatic carbocycles. The van der Waals surface area contributed by atoms with Gasteiger partial charge in [0.05, 0.1) is 0 Å². The number of nitrogens with zero attached hydrogens (tertiary/aromatic N) is 2. The highest BCUT2D eigenvalue weighted by Gasteiger charge is 2.15. The van der Waals surface area contributed by atoms with Crippen LogP contribution in [0.1, 0.15) is 103 Å². The van der Waals surface area contributed by atoms with Crippen LogP contribution in [0.4, 0.5) is 9.59 Å². The van der Waals surface area contributed by atoms with E-state index in [1.165, 1.54) is 148 Å². The molecule has 4 nitrogen and oxygen atoms in total. The van der Waals surface area contributed by atoms with Crippen molar-refractivity contribution >= 4 is 76.0 Å². The van der Waals surface area contributed by atoms with Crippen LogP contribution in [0.15, 0.2) is 0 Å². The van der Waals surface area contributed by atoms with Gasteiger partial charge >= 0.3 is 0 Å². The maximum Gasteiger partial charge on any atom is 0.271 e. The Morgan fingerprint density at radius 1 is 0.471 bits per heavy atom. The summed E-state index contributed by atoms with van der Waals surface area (Å²) in [5, 5.41) is 0. The summed E-state index contributed by atoms with van der Waals surface area (Å²) >= 11 is 2.88. The molecule has 2 rings (SSSR count). The molecule has 0 saturated carbocycles. The number of hydrogen-bond acceptors (Lipinski definition) is 10. The van der Waals surface area contributed by atoms with E-state index in [4.69, 9.17) is 0 Å². The van der Waals surface area contributed by atoms with Crippen LogP contribution in [0.25, 0.3) is 0 Å². The summed E-state index contributed by atoms with van der Waals surface area (Å²) in [5.41, 5.74) is 0. The van der Waals surface area contributed by atoms with Crippen LogP contribution >= 0.6 is 67.1 Å². The van der Waals surface area contributed by atoms with Gasteiger partial charge in [-0.05, 0) is 60.1 Å². The molecule has 0 N–H and O–H groups in total. The van der Waals surface area contributed by atoms with E-state index in [0.29, 0.717) is 0 Å². The first-order valence-electron chi connectivity index (χ1n) is 13.3. The summed E-state index contributed by atoms with van der Waals surface area (Å²) in [7, 11) is 6.35. The average molecular weight is 585 g/mol. The fourth-order valence-corrected chi connectivity index (χ4v) is 10.4. The zero-order valence-corrected chi connectivity index (χ0v) is 25.6. The third-order valence-electron chi connectivity index (χ3n) is 6.00. The van der Waals surface area contributed by atoms with Crippen molar-refractivity contribution in [3.8, 4) is 0 Å². The third-order valence-corrected chi connectivity index (χ3v) is 13.2. The van der Waals surface area contributed by atoms with Crippen molar-refractivity contribution in [2.24, 2.45) is 0 Å². The minimum Gasteiger partial charge on any atom is -0.272 e. The number of carbonyl (C=O) groups excluding carboxylic acids is 2. The smallest absolute Gasteiger partial charge is 0.271 e. The van der Waals surface area contributed by atoms with Crippen LogP contribution in [-0.4, -0.2) is 55.2 Å². The molecule has 10 heteroatoms. The van der Waals surface area contributed by atoms with Crippen molar-refractivity contribution in [1.29, 1.82) is 0 Å². The molecule has 0 aromatic heterocycles. The molecule has 0 aromatic carbocycles. The standard InChI is InChI=1S/C24H44N2O2S6/c27-23(31-25-17-11-5-6-12-18-25)33-29-21-15-9-3-1-2-4-10-16-22-30-34-24(28)32-26-19-13-7-8-14-20-26/h1-22H2. The Hall–Kier alpha value is 1.36. The van der Waals surface area contributed by atoms with Gasteiger partial charge in [0, 0.05) is 61.6 Å². The molecular formula is C24H44N2O2S6. The molecule has 198 valence electrons. The van der Waals surface area contributed by atoms with Gasteiger partial charge in [-0.1, -0.05) is 85.8 Å².